The second kappa shape index (κ2) is 21.7. The summed E-state index contributed by atoms with van der Waals surface area (Å²) in [6, 6.07) is 26.3. The van der Waals surface area contributed by atoms with Crippen LogP contribution in [0.25, 0.3) is 0 Å². The summed E-state index contributed by atoms with van der Waals surface area (Å²) in [5.74, 6) is -1.78. The van der Waals surface area contributed by atoms with Crippen LogP contribution in [0.5, 0.6) is 0 Å². The number of unbranched alkanes of at least 4 members (excludes halogenated alkanes) is 11. The van der Waals surface area contributed by atoms with Gasteiger partial charge in [0.1, 0.15) is 0 Å². The molecule has 3 N–H and O–H groups in total. The zero-order valence-corrected chi connectivity index (χ0v) is 37.3. The molecule has 2 heterocycles. The van der Waals surface area contributed by atoms with E-state index in [1.165, 1.54) is 62.5 Å². The Hall–Kier alpha value is -4.55. The van der Waals surface area contributed by atoms with Crippen molar-refractivity contribution in [1.29, 1.82) is 0 Å². The summed E-state index contributed by atoms with van der Waals surface area (Å²) >= 11 is 0. The lowest BCUT2D eigenvalue weighted by atomic mass is 9.94. The molecular weight excluding hydrogens is 799 g/mol. The average molecular weight is 866 g/mol. The highest BCUT2D eigenvalue weighted by molar-refractivity contribution is 7.89. The van der Waals surface area contributed by atoms with Crippen LogP contribution >= 0.6 is 0 Å². The lowest BCUT2D eigenvalue weighted by molar-refractivity contribution is -0.133. The maximum atomic E-state index is 13.9. The molecule has 3 aromatic rings. The highest BCUT2D eigenvalue weighted by atomic mass is 32.2. The summed E-state index contributed by atoms with van der Waals surface area (Å²) in [7, 11) is -3.45. The minimum Gasteiger partial charge on any atom is -0.352 e. The van der Waals surface area contributed by atoms with Crippen molar-refractivity contribution in [2.75, 3.05) is 31.9 Å². The van der Waals surface area contributed by atoms with Gasteiger partial charge in [0.15, 0.2) is 0 Å². The summed E-state index contributed by atoms with van der Waals surface area (Å²) < 4.78 is 28.6. The second-order valence-electron chi connectivity index (χ2n) is 18.3. The predicted molar refractivity (Wildman–Crippen MR) is 243 cm³/mol. The number of rotatable bonds is 23. The zero-order chi connectivity index (χ0) is 43.5. The SMILES string of the molecule is CCCCCCCCCCCCCCS(=O)(=O)N[C@@H]1CCN(C(=O)c2ccc(C(=O)N3C[C@@H](C(=O)N[C@H]4C[C@@H]4c4ccccc4)[C@H](C(=O)N[C@H]4C[C@@H]4c4ccccc4)C3)cc2)C1. The molecule has 2 aliphatic heterocycles. The van der Waals surface area contributed by atoms with E-state index in [1.54, 1.807) is 34.1 Å². The van der Waals surface area contributed by atoms with Gasteiger partial charge in [0, 0.05) is 67.3 Å². The molecule has 0 bridgehead atoms. The van der Waals surface area contributed by atoms with E-state index in [9.17, 15) is 27.6 Å². The van der Waals surface area contributed by atoms with E-state index in [-0.39, 0.29) is 79.0 Å². The molecule has 4 amide bonds. The van der Waals surface area contributed by atoms with Crippen molar-refractivity contribution in [3.8, 4) is 0 Å². The van der Waals surface area contributed by atoms with Gasteiger partial charge in [-0.25, -0.2) is 13.1 Å². The van der Waals surface area contributed by atoms with Crippen LogP contribution < -0.4 is 15.4 Å². The fourth-order valence-corrected chi connectivity index (χ4v) is 10.9. The van der Waals surface area contributed by atoms with Crippen molar-refractivity contribution in [2.24, 2.45) is 11.8 Å². The van der Waals surface area contributed by atoms with E-state index in [0.29, 0.717) is 30.5 Å². The minimum atomic E-state index is -3.45. The fraction of sp³-hybridized carbons (Fsp3) is 0.560. The quantitative estimate of drug-likeness (QED) is 0.0840. The number of hydrogen-bond donors (Lipinski definition) is 3. The molecule has 3 aromatic carbocycles. The Labute approximate surface area is 369 Å². The zero-order valence-electron chi connectivity index (χ0n) is 36.5. The van der Waals surface area contributed by atoms with Crippen molar-refractivity contribution >= 4 is 33.7 Å². The number of amides is 4. The van der Waals surface area contributed by atoms with Crippen molar-refractivity contribution in [1.82, 2.24) is 25.2 Å². The van der Waals surface area contributed by atoms with E-state index in [1.807, 2.05) is 36.4 Å². The van der Waals surface area contributed by atoms with Crippen LogP contribution in [0.15, 0.2) is 84.9 Å². The van der Waals surface area contributed by atoms with E-state index in [0.717, 1.165) is 32.1 Å². The third kappa shape index (κ3) is 12.6. The molecule has 2 aliphatic carbocycles. The van der Waals surface area contributed by atoms with Gasteiger partial charge in [0.05, 0.1) is 17.6 Å². The molecular formula is C50H67N5O6S. The number of carbonyl (C=O) groups excluding carboxylic acids is 4. The van der Waals surface area contributed by atoms with Crippen LogP contribution in [0.3, 0.4) is 0 Å². The number of benzene rings is 3. The largest absolute Gasteiger partial charge is 0.352 e. The first-order valence-electron chi connectivity index (χ1n) is 23.5. The number of carbonyl (C=O) groups is 4. The highest BCUT2D eigenvalue weighted by Crippen LogP contribution is 2.42. The Balaban J connectivity index is 0.873. The summed E-state index contributed by atoms with van der Waals surface area (Å²) in [4.78, 5) is 58.4. The summed E-state index contributed by atoms with van der Waals surface area (Å²) in [5.41, 5.74) is 3.12. The molecule has 0 unspecified atom stereocenters. The monoisotopic (exact) mass is 865 g/mol. The number of nitrogens with one attached hydrogen (secondary N) is 3. The molecule has 0 aromatic heterocycles. The predicted octanol–water partition coefficient (Wildman–Crippen LogP) is 7.55. The van der Waals surface area contributed by atoms with Gasteiger partial charge >= 0.3 is 0 Å². The molecule has 11 nitrogen and oxygen atoms in total. The van der Waals surface area contributed by atoms with E-state index >= 15 is 0 Å². The topological polar surface area (TPSA) is 145 Å². The maximum Gasteiger partial charge on any atom is 0.253 e. The van der Waals surface area contributed by atoms with E-state index in [2.05, 4.69) is 46.5 Å². The average Bonchev–Trinajstić information content (AvgIpc) is 4.12. The van der Waals surface area contributed by atoms with Crippen LogP contribution in [0.2, 0.25) is 0 Å². The number of hydrogen-bond acceptors (Lipinski definition) is 6. The molecule has 0 spiro atoms. The highest BCUT2D eigenvalue weighted by Gasteiger charge is 2.49. The summed E-state index contributed by atoms with van der Waals surface area (Å²) in [5, 5.41) is 6.37. The van der Waals surface area contributed by atoms with Gasteiger partial charge < -0.3 is 20.4 Å². The Morgan fingerprint density at radius 2 is 1.00 bits per heavy atom. The molecule has 7 atom stereocenters. The van der Waals surface area contributed by atoms with Crippen molar-refractivity contribution in [3.05, 3.63) is 107 Å². The smallest absolute Gasteiger partial charge is 0.253 e. The van der Waals surface area contributed by atoms with Crippen LogP contribution in [-0.2, 0) is 19.6 Å². The lowest BCUT2D eigenvalue weighted by Gasteiger charge is -2.19. The van der Waals surface area contributed by atoms with Crippen LogP contribution in [0.4, 0.5) is 0 Å². The van der Waals surface area contributed by atoms with Gasteiger partial charge in [-0.3, -0.25) is 19.2 Å². The first-order valence-corrected chi connectivity index (χ1v) is 25.1. The molecule has 4 fully saturated rings. The molecule has 0 radical (unpaired) electrons. The van der Waals surface area contributed by atoms with Gasteiger partial charge in [-0.1, -0.05) is 138 Å². The van der Waals surface area contributed by atoms with E-state index < -0.39 is 21.9 Å². The van der Waals surface area contributed by atoms with Crippen molar-refractivity contribution in [2.45, 2.75) is 133 Å². The maximum absolute atomic E-state index is 13.9. The first kappa shape index (κ1) is 45.5. The Morgan fingerprint density at radius 1 is 0.565 bits per heavy atom. The van der Waals surface area contributed by atoms with Gasteiger partial charge in [0.25, 0.3) is 11.8 Å². The van der Waals surface area contributed by atoms with Crippen LogP contribution in [0.1, 0.15) is 147 Å². The Morgan fingerprint density at radius 3 is 1.47 bits per heavy atom. The third-order valence-electron chi connectivity index (χ3n) is 13.4. The second-order valence-corrected chi connectivity index (χ2v) is 20.2. The van der Waals surface area contributed by atoms with Gasteiger partial charge in [0.2, 0.25) is 21.8 Å². The molecule has 7 rings (SSSR count). The lowest BCUT2D eigenvalue weighted by Crippen LogP contribution is -2.43. The number of likely N-dealkylation sites (tertiary alicyclic amines) is 2. The fourth-order valence-electron chi connectivity index (χ4n) is 9.53. The van der Waals surface area contributed by atoms with Crippen LogP contribution in [-0.4, -0.2) is 91.9 Å². The molecule has 4 aliphatic rings. The third-order valence-corrected chi connectivity index (χ3v) is 15.0. The molecule has 2 saturated heterocycles. The van der Waals surface area contributed by atoms with Gasteiger partial charge in [-0.05, 0) is 61.1 Å². The van der Waals surface area contributed by atoms with Crippen molar-refractivity contribution in [3.63, 3.8) is 0 Å². The van der Waals surface area contributed by atoms with Crippen LogP contribution in [0, 0.1) is 11.8 Å². The summed E-state index contributed by atoms with van der Waals surface area (Å²) in [6.45, 7) is 3.19. The molecule has 334 valence electrons. The Kier molecular flexibility index (Phi) is 15.9. The summed E-state index contributed by atoms with van der Waals surface area (Å²) in [6.07, 6.45) is 16.4. The van der Waals surface area contributed by atoms with Crippen molar-refractivity contribution < 1.29 is 27.6 Å². The number of sulfonamides is 1. The first-order chi connectivity index (χ1) is 30.1. The standard InChI is InChI=1S/C50H67N5O6S/c1-2-3-4-5-6-7-8-9-10-11-12-19-30-62(60,61)53-40-28-29-54(33-40)49(58)38-24-26-39(27-25-38)50(59)55-34-43(47(56)51-45-31-41(45)36-20-15-13-16-21-36)44(35-55)48(57)52-46-32-42(46)37-22-17-14-18-23-37/h13-18,20-27,40-46,53H,2-12,19,28-35H2,1H3,(H,51,56)(H,52,57)/t40-,41-,42-,43-,44-,45+,46+/m1/s1. The normalized spacial score (nSPS) is 24.2. The molecule has 12 heteroatoms. The van der Waals surface area contributed by atoms with Gasteiger partial charge in [-0.2, -0.15) is 0 Å². The molecule has 2 saturated carbocycles. The minimum absolute atomic E-state index is 0.00975. The van der Waals surface area contributed by atoms with Gasteiger partial charge in [-0.15, -0.1) is 0 Å². The Bertz CT molecular complexity index is 1990. The van der Waals surface area contributed by atoms with E-state index in [4.69, 9.17) is 0 Å². The number of nitrogens with zero attached hydrogens (tertiary/aromatic N) is 2. The molecule has 62 heavy (non-hydrogen) atoms.